The first-order valence-electron chi connectivity index (χ1n) is 6.23. The van der Waals surface area contributed by atoms with Crippen LogP contribution in [-0.4, -0.2) is 27.7 Å². The quantitative estimate of drug-likeness (QED) is 0.858. The third-order valence-corrected chi connectivity index (χ3v) is 4.96. The summed E-state index contributed by atoms with van der Waals surface area (Å²) in [6.07, 6.45) is 1.60. The van der Waals surface area contributed by atoms with Crippen LogP contribution in [0, 0.1) is 5.82 Å². The molecule has 1 saturated heterocycles. The minimum Gasteiger partial charge on any atom is -0.377 e. The number of hydrogen-bond donors (Lipinski definition) is 2. The number of benzene rings is 1. The Balaban J connectivity index is 2.18. The van der Waals surface area contributed by atoms with Gasteiger partial charge in [-0.25, -0.2) is 17.5 Å². The molecule has 1 heterocycles. The smallest absolute Gasteiger partial charge is 0.240 e. The molecule has 0 aromatic heterocycles. The number of hydrogen-bond acceptors (Lipinski definition) is 4. The average Bonchev–Trinajstić information content (AvgIpc) is 2.92. The van der Waals surface area contributed by atoms with Gasteiger partial charge in [-0.1, -0.05) is 11.6 Å². The van der Waals surface area contributed by atoms with Gasteiger partial charge in [0.25, 0.3) is 0 Å². The van der Waals surface area contributed by atoms with Gasteiger partial charge in [0.1, 0.15) is 5.82 Å². The summed E-state index contributed by atoms with van der Waals surface area (Å²) in [6.45, 7) is 0.772. The molecule has 1 unspecified atom stereocenters. The summed E-state index contributed by atoms with van der Waals surface area (Å²) in [4.78, 5) is -0.183. The summed E-state index contributed by atoms with van der Waals surface area (Å²) in [7, 11) is -3.80. The van der Waals surface area contributed by atoms with Crippen molar-refractivity contribution in [1.82, 2.24) is 4.72 Å². The normalized spacial score (nSPS) is 19.4. The zero-order chi connectivity index (χ0) is 14.8. The molecule has 1 aliphatic heterocycles. The van der Waals surface area contributed by atoms with Crippen LogP contribution in [0.4, 0.5) is 4.39 Å². The first-order valence-corrected chi connectivity index (χ1v) is 8.09. The number of nitrogens with one attached hydrogen (secondary N) is 1. The van der Waals surface area contributed by atoms with Crippen molar-refractivity contribution in [3.05, 3.63) is 28.5 Å². The van der Waals surface area contributed by atoms with E-state index in [-0.39, 0.29) is 34.7 Å². The highest BCUT2D eigenvalue weighted by Gasteiger charge is 2.22. The van der Waals surface area contributed by atoms with Gasteiger partial charge in [-0.15, -0.1) is 0 Å². The fourth-order valence-corrected chi connectivity index (χ4v) is 3.33. The molecule has 1 atom stereocenters. The lowest BCUT2D eigenvalue weighted by atomic mass is 10.2. The van der Waals surface area contributed by atoms with Crippen molar-refractivity contribution in [2.75, 3.05) is 13.2 Å². The minimum atomic E-state index is -3.80. The summed E-state index contributed by atoms with van der Waals surface area (Å²) in [5.74, 6) is -0.799. The summed E-state index contributed by atoms with van der Waals surface area (Å²) < 4.78 is 45.5. The average molecular weight is 323 g/mol. The van der Waals surface area contributed by atoms with E-state index in [1.807, 2.05) is 0 Å². The number of sulfonamides is 1. The summed E-state index contributed by atoms with van der Waals surface area (Å²) in [6, 6.07) is 2.17. The van der Waals surface area contributed by atoms with Gasteiger partial charge < -0.3 is 10.5 Å². The fourth-order valence-electron chi connectivity index (χ4n) is 2.01. The molecule has 0 bridgehead atoms. The first kappa shape index (κ1) is 15.7. The van der Waals surface area contributed by atoms with Gasteiger partial charge in [0.15, 0.2) is 0 Å². The van der Waals surface area contributed by atoms with E-state index in [0.29, 0.717) is 6.61 Å². The first-order chi connectivity index (χ1) is 9.44. The van der Waals surface area contributed by atoms with Crippen LogP contribution in [0.15, 0.2) is 17.0 Å². The van der Waals surface area contributed by atoms with Crippen LogP contribution in [0.5, 0.6) is 0 Å². The van der Waals surface area contributed by atoms with Crippen LogP contribution in [0.25, 0.3) is 0 Å². The monoisotopic (exact) mass is 322 g/mol. The topological polar surface area (TPSA) is 81.4 Å². The van der Waals surface area contributed by atoms with E-state index in [1.54, 1.807) is 0 Å². The maximum atomic E-state index is 13.6. The molecule has 5 nitrogen and oxygen atoms in total. The van der Waals surface area contributed by atoms with E-state index in [9.17, 15) is 12.8 Å². The maximum Gasteiger partial charge on any atom is 0.240 e. The van der Waals surface area contributed by atoms with Crippen LogP contribution in [0.1, 0.15) is 18.4 Å². The van der Waals surface area contributed by atoms with Crippen LogP contribution in [0.3, 0.4) is 0 Å². The second kappa shape index (κ2) is 6.36. The van der Waals surface area contributed by atoms with Crippen LogP contribution in [-0.2, 0) is 21.3 Å². The van der Waals surface area contributed by atoms with Crippen molar-refractivity contribution in [3.63, 3.8) is 0 Å². The highest BCUT2D eigenvalue weighted by atomic mass is 35.5. The Morgan fingerprint density at radius 3 is 2.85 bits per heavy atom. The Labute approximate surface area is 122 Å². The van der Waals surface area contributed by atoms with Gasteiger partial charge in [0.2, 0.25) is 10.0 Å². The second-order valence-corrected chi connectivity index (χ2v) is 6.71. The molecule has 1 aromatic carbocycles. The lowest BCUT2D eigenvalue weighted by Crippen LogP contribution is -2.32. The molecule has 20 heavy (non-hydrogen) atoms. The molecule has 0 radical (unpaired) electrons. The molecule has 3 N–H and O–H groups in total. The largest absolute Gasteiger partial charge is 0.377 e. The lowest BCUT2D eigenvalue weighted by molar-refractivity contribution is 0.114. The Bertz CT molecular complexity index is 589. The van der Waals surface area contributed by atoms with Crippen molar-refractivity contribution < 1.29 is 17.5 Å². The Morgan fingerprint density at radius 2 is 2.25 bits per heavy atom. The lowest BCUT2D eigenvalue weighted by Gasteiger charge is -2.12. The van der Waals surface area contributed by atoms with Crippen molar-refractivity contribution in [2.24, 2.45) is 5.73 Å². The predicted molar refractivity (Wildman–Crippen MR) is 73.5 cm³/mol. The zero-order valence-corrected chi connectivity index (χ0v) is 12.3. The van der Waals surface area contributed by atoms with E-state index in [4.69, 9.17) is 22.1 Å². The predicted octanol–water partition coefficient (Wildman–Crippen LogP) is 1.40. The maximum absolute atomic E-state index is 13.6. The van der Waals surface area contributed by atoms with Crippen molar-refractivity contribution in [2.45, 2.75) is 30.4 Å². The Morgan fingerprint density at radius 1 is 1.50 bits per heavy atom. The molecule has 1 aromatic rings. The molecule has 2 rings (SSSR count). The standard InChI is InChI=1S/C12H16ClFN2O3S/c13-12-8(6-15)4-10(5-11(12)14)20(17,18)16-7-9-2-1-3-19-9/h4-5,9,16H,1-3,6-7,15H2. The van der Waals surface area contributed by atoms with Crippen molar-refractivity contribution in [3.8, 4) is 0 Å². The molecule has 112 valence electrons. The number of rotatable bonds is 5. The molecule has 0 saturated carbocycles. The van der Waals surface area contributed by atoms with Gasteiger partial charge in [0.05, 0.1) is 16.0 Å². The highest BCUT2D eigenvalue weighted by molar-refractivity contribution is 7.89. The Kier molecular flexibility index (Phi) is 4.98. The van der Waals surface area contributed by atoms with Crippen molar-refractivity contribution in [1.29, 1.82) is 0 Å². The van der Waals surface area contributed by atoms with E-state index in [2.05, 4.69) is 4.72 Å². The molecule has 1 fully saturated rings. The summed E-state index contributed by atoms with van der Waals surface area (Å²) >= 11 is 5.71. The summed E-state index contributed by atoms with van der Waals surface area (Å²) in [5, 5.41) is -0.148. The number of ether oxygens (including phenoxy) is 1. The van der Waals surface area contributed by atoms with E-state index < -0.39 is 15.8 Å². The molecular formula is C12H16ClFN2O3S. The van der Waals surface area contributed by atoms with Gasteiger partial charge in [-0.05, 0) is 30.5 Å². The van der Waals surface area contributed by atoms with Gasteiger partial charge in [-0.3, -0.25) is 0 Å². The second-order valence-electron chi connectivity index (χ2n) is 4.57. The zero-order valence-electron chi connectivity index (χ0n) is 10.7. The third kappa shape index (κ3) is 3.48. The van der Waals surface area contributed by atoms with Crippen LogP contribution in [0.2, 0.25) is 5.02 Å². The van der Waals surface area contributed by atoms with Gasteiger partial charge in [-0.2, -0.15) is 0 Å². The molecule has 1 aliphatic rings. The van der Waals surface area contributed by atoms with Crippen LogP contribution >= 0.6 is 11.6 Å². The van der Waals surface area contributed by atoms with E-state index in [0.717, 1.165) is 18.9 Å². The highest BCUT2D eigenvalue weighted by Crippen LogP contribution is 2.24. The molecule has 8 heteroatoms. The SMILES string of the molecule is NCc1cc(S(=O)(=O)NCC2CCCO2)cc(F)c1Cl. The van der Waals surface area contributed by atoms with Gasteiger partial charge >= 0.3 is 0 Å². The van der Waals surface area contributed by atoms with E-state index in [1.165, 1.54) is 6.07 Å². The minimum absolute atomic E-state index is 0.0369. The molecule has 0 aliphatic carbocycles. The van der Waals surface area contributed by atoms with E-state index >= 15 is 0 Å². The number of halogens is 2. The molecule has 0 amide bonds. The van der Waals surface area contributed by atoms with Crippen molar-refractivity contribution >= 4 is 21.6 Å². The Hall–Kier alpha value is -0.730. The molecule has 0 spiro atoms. The molecular weight excluding hydrogens is 307 g/mol. The summed E-state index contributed by atoms with van der Waals surface area (Å²) in [5.41, 5.74) is 5.67. The van der Waals surface area contributed by atoms with Crippen LogP contribution < -0.4 is 10.5 Å². The fraction of sp³-hybridized carbons (Fsp3) is 0.500. The van der Waals surface area contributed by atoms with Gasteiger partial charge in [0, 0.05) is 19.7 Å². The number of nitrogens with two attached hydrogens (primary N) is 1. The third-order valence-electron chi connectivity index (χ3n) is 3.13.